The van der Waals surface area contributed by atoms with Crippen molar-refractivity contribution in [3.8, 4) is 0 Å². The normalized spacial score (nSPS) is 35.8. The highest BCUT2D eigenvalue weighted by Gasteiger charge is 2.46. The number of ether oxygens (including phenoxy) is 2. The molecule has 1 unspecified atom stereocenters. The third kappa shape index (κ3) is 4.58. The summed E-state index contributed by atoms with van der Waals surface area (Å²) < 4.78 is 9.40. The molecule has 12 heteroatoms. The fourth-order valence-corrected chi connectivity index (χ4v) is 2.01. The molecule has 0 amide bonds. The van der Waals surface area contributed by atoms with Crippen LogP contribution in [0.2, 0.25) is 0 Å². The first-order valence-electron chi connectivity index (χ1n) is 6.99. The summed E-state index contributed by atoms with van der Waals surface area (Å²) in [5.74, 6) is -1.59. The molecular weight excluding hydrogens is 336 g/mol. The van der Waals surface area contributed by atoms with Crippen LogP contribution < -0.4 is 0 Å². The molecule has 1 fully saturated rings. The number of carbonyl (C=O) groups excluding carboxylic acids is 1. The van der Waals surface area contributed by atoms with Crippen LogP contribution in [0.4, 0.5) is 0 Å². The second kappa shape index (κ2) is 8.96. The van der Waals surface area contributed by atoms with Crippen LogP contribution in [0.25, 0.3) is 0 Å². The Morgan fingerprint density at radius 1 is 0.958 bits per heavy atom. The van der Waals surface area contributed by atoms with Gasteiger partial charge in [-0.1, -0.05) is 0 Å². The zero-order chi connectivity index (χ0) is 18.6. The Kier molecular flexibility index (Phi) is 7.88. The fraction of sp³-hybridized carbons (Fsp3) is 0.917. The number of hydrogen-bond acceptors (Lipinski definition) is 12. The predicted octanol–water partition coefficient (Wildman–Crippen LogP) is -6.23. The van der Waals surface area contributed by atoms with Gasteiger partial charge in [-0.3, -0.25) is 0 Å². The lowest BCUT2D eigenvalue weighted by atomic mass is 9.99. The van der Waals surface area contributed by atoms with E-state index in [0.29, 0.717) is 0 Å². The zero-order valence-corrected chi connectivity index (χ0v) is 12.4. The fourth-order valence-electron chi connectivity index (χ4n) is 2.01. The monoisotopic (exact) mass is 358 g/mol. The van der Waals surface area contributed by atoms with E-state index >= 15 is 0 Å². The maximum Gasteiger partial charge on any atom is 0.340 e. The lowest BCUT2D eigenvalue weighted by Crippen LogP contribution is -2.60. The molecule has 1 heterocycles. The zero-order valence-electron chi connectivity index (χ0n) is 12.4. The van der Waals surface area contributed by atoms with Crippen molar-refractivity contribution in [3.05, 3.63) is 0 Å². The summed E-state index contributed by atoms with van der Waals surface area (Å²) in [5.41, 5.74) is 0. The van der Waals surface area contributed by atoms with E-state index in [4.69, 9.17) is 20.1 Å². The topological polar surface area (TPSA) is 218 Å². The summed E-state index contributed by atoms with van der Waals surface area (Å²) in [7, 11) is 0. The maximum absolute atomic E-state index is 11.7. The molecule has 0 bridgehead atoms. The number of esters is 1. The summed E-state index contributed by atoms with van der Waals surface area (Å²) in [6, 6.07) is 0. The number of rotatable bonds is 7. The Morgan fingerprint density at radius 2 is 1.54 bits per heavy atom. The summed E-state index contributed by atoms with van der Waals surface area (Å²) in [6.45, 7) is -1.72. The van der Waals surface area contributed by atoms with Crippen LogP contribution in [0.5, 0.6) is 0 Å². The second-order valence-corrected chi connectivity index (χ2v) is 5.31. The van der Waals surface area contributed by atoms with Crippen molar-refractivity contribution in [1.82, 2.24) is 0 Å². The van der Waals surface area contributed by atoms with Gasteiger partial charge in [0.25, 0.3) is 0 Å². The lowest BCUT2D eigenvalue weighted by Gasteiger charge is -2.39. The average Bonchev–Trinajstić information content (AvgIpc) is 2.59. The van der Waals surface area contributed by atoms with E-state index in [-0.39, 0.29) is 0 Å². The first kappa shape index (κ1) is 21.1. The average molecular weight is 358 g/mol. The minimum Gasteiger partial charge on any atom is -0.431 e. The van der Waals surface area contributed by atoms with Gasteiger partial charge in [0.15, 0.2) is 6.10 Å². The second-order valence-electron chi connectivity index (χ2n) is 5.31. The Labute approximate surface area is 135 Å². The minimum absolute atomic E-state index is 0.772. The van der Waals surface area contributed by atoms with Crippen molar-refractivity contribution in [2.75, 3.05) is 13.2 Å². The van der Waals surface area contributed by atoms with E-state index in [0.717, 1.165) is 0 Å². The van der Waals surface area contributed by atoms with Gasteiger partial charge in [0.05, 0.1) is 13.2 Å². The van der Waals surface area contributed by atoms with E-state index in [1.165, 1.54) is 0 Å². The molecule has 0 aromatic rings. The Morgan fingerprint density at radius 3 is 2.04 bits per heavy atom. The molecular formula is C12H22O12. The van der Waals surface area contributed by atoms with E-state index in [1.807, 2.05) is 0 Å². The first-order chi connectivity index (χ1) is 11.1. The van der Waals surface area contributed by atoms with Crippen LogP contribution in [-0.2, 0) is 14.3 Å². The minimum atomic E-state index is -2.38. The molecule has 12 nitrogen and oxygen atoms in total. The summed E-state index contributed by atoms with van der Waals surface area (Å²) in [4.78, 5) is 11.7. The number of aliphatic hydroxyl groups excluding tert-OH is 9. The van der Waals surface area contributed by atoms with Gasteiger partial charge >= 0.3 is 5.97 Å². The maximum atomic E-state index is 11.7. The molecule has 9 atom stereocenters. The van der Waals surface area contributed by atoms with Crippen LogP contribution >= 0.6 is 0 Å². The molecule has 1 aliphatic rings. The molecule has 0 aliphatic carbocycles. The van der Waals surface area contributed by atoms with E-state index in [1.54, 1.807) is 0 Å². The lowest BCUT2D eigenvalue weighted by molar-refractivity contribution is -0.295. The molecule has 142 valence electrons. The van der Waals surface area contributed by atoms with Crippen LogP contribution in [0.1, 0.15) is 0 Å². The third-order valence-electron chi connectivity index (χ3n) is 3.58. The molecule has 24 heavy (non-hydrogen) atoms. The van der Waals surface area contributed by atoms with Gasteiger partial charge in [-0.2, -0.15) is 0 Å². The molecule has 0 saturated carbocycles. The molecule has 0 radical (unpaired) electrons. The van der Waals surface area contributed by atoms with Gasteiger partial charge < -0.3 is 55.4 Å². The standard InChI is InChI=1S/C12H22O12/c13-1-3(15)5(16)7(18)9(20)11(22)24-12-10(21)8(19)6(17)4(2-14)23-12/h3-10,12-21H,1-2H2/t3-,4-,5-,6-,7+,8+,9-,10-,12?/m1/s1. The van der Waals surface area contributed by atoms with E-state index in [9.17, 15) is 35.4 Å². The van der Waals surface area contributed by atoms with Crippen LogP contribution in [0.15, 0.2) is 0 Å². The van der Waals surface area contributed by atoms with Crippen LogP contribution in [-0.4, -0.2) is 120 Å². The molecule has 0 aromatic carbocycles. The molecule has 0 aromatic heterocycles. The van der Waals surface area contributed by atoms with Gasteiger partial charge in [0.2, 0.25) is 6.29 Å². The van der Waals surface area contributed by atoms with Gasteiger partial charge in [0, 0.05) is 0 Å². The van der Waals surface area contributed by atoms with E-state index in [2.05, 4.69) is 4.74 Å². The van der Waals surface area contributed by atoms with Crippen molar-refractivity contribution in [2.45, 2.75) is 55.1 Å². The molecule has 1 rings (SSSR count). The van der Waals surface area contributed by atoms with Crippen molar-refractivity contribution < 1.29 is 60.2 Å². The van der Waals surface area contributed by atoms with Crippen molar-refractivity contribution >= 4 is 5.97 Å². The molecule has 0 spiro atoms. The summed E-state index contributed by atoms with van der Waals surface area (Å²) in [5, 5.41) is 84.0. The Balaban J connectivity index is 2.71. The van der Waals surface area contributed by atoms with Crippen molar-refractivity contribution in [3.63, 3.8) is 0 Å². The highest BCUT2D eigenvalue weighted by Crippen LogP contribution is 2.22. The number of hydrogen-bond donors (Lipinski definition) is 9. The van der Waals surface area contributed by atoms with Gasteiger partial charge in [-0.05, 0) is 0 Å². The Hall–Kier alpha value is -0.930. The predicted molar refractivity (Wildman–Crippen MR) is 71.0 cm³/mol. The van der Waals surface area contributed by atoms with Crippen molar-refractivity contribution in [1.29, 1.82) is 0 Å². The highest BCUT2D eigenvalue weighted by molar-refractivity contribution is 5.75. The number of aliphatic hydroxyl groups is 9. The molecule has 9 N–H and O–H groups in total. The first-order valence-corrected chi connectivity index (χ1v) is 6.99. The number of carbonyl (C=O) groups is 1. The quantitative estimate of drug-likeness (QED) is 0.194. The third-order valence-corrected chi connectivity index (χ3v) is 3.58. The highest BCUT2D eigenvalue weighted by atomic mass is 16.7. The summed E-state index contributed by atoms with van der Waals surface area (Å²) >= 11 is 0. The molecule has 1 saturated heterocycles. The van der Waals surface area contributed by atoms with E-state index < -0.39 is 74.3 Å². The van der Waals surface area contributed by atoms with Crippen LogP contribution in [0, 0.1) is 0 Å². The van der Waals surface area contributed by atoms with Crippen molar-refractivity contribution in [2.24, 2.45) is 0 Å². The largest absolute Gasteiger partial charge is 0.431 e. The Bertz CT molecular complexity index is 403. The summed E-state index contributed by atoms with van der Waals surface area (Å²) in [6.07, 6.45) is -17.2. The smallest absolute Gasteiger partial charge is 0.340 e. The van der Waals surface area contributed by atoms with Crippen LogP contribution in [0.3, 0.4) is 0 Å². The SMILES string of the molecule is O=C(OC1O[C@H](CO)[C@@H](O)[C@H](O)[C@H]1O)[C@H](O)[C@@H](O)[C@H](O)[C@H](O)CO. The van der Waals surface area contributed by atoms with Gasteiger partial charge in [0.1, 0.15) is 42.7 Å². The van der Waals surface area contributed by atoms with Gasteiger partial charge in [-0.15, -0.1) is 0 Å². The van der Waals surface area contributed by atoms with Gasteiger partial charge in [-0.25, -0.2) is 4.79 Å². The molecule has 1 aliphatic heterocycles.